The fourth-order valence-electron chi connectivity index (χ4n) is 4.26. The molecule has 258 valence electrons. The second-order valence-electron chi connectivity index (χ2n) is 10.3. The van der Waals surface area contributed by atoms with E-state index < -0.39 is 91.9 Å². The van der Waals surface area contributed by atoms with Crippen LogP contribution in [0.2, 0.25) is 0 Å². The maximum Gasteiger partial charge on any atom is 0.303 e. The average Bonchev–Trinajstić information content (AvgIpc) is 2.94. The molecule has 0 unspecified atom stereocenters. The Morgan fingerprint density at radius 1 is 0.696 bits per heavy atom. The summed E-state index contributed by atoms with van der Waals surface area (Å²) in [7, 11) is 0. The molecule has 0 bridgehead atoms. The summed E-state index contributed by atoms with van der Waals surface area (Å²) in [5.41, 5.74) is 0. The number of unbranched alkanes of at least 4 members (excludes halogenated alkanes) is 2. The Bertz CT molecular complexity index is 1110. The molecule has 46 heavy (non-hydrogen) atoms. The predicted molar refractivity (Wildman–Crippen MR) is 161 cm³/mol. The Balaban J connectivity index is 3.57. The van der Waals surface area contributed by atoms with Crippen LogP contribution >= 0.6 is 0 Å². The van der Waals surface area contributed by atoms with Crippen LogP contribution in [0, 0.1) is 0 Å². The highest BCUT2D eigenvalue weighted by molar-refractivity contribution is 5.69. The largest absolute Gasteiger partial charge is 0.463 e. The molecule has 1 saturated heterocycles. The van der Waals surface area contributed by atoms with Gasteiger partial charge in [-0.15, -0.1) is 0 Å². The van der Waals surface area contributed by atoms with Gasteiger partial charge in [-0.1, -0.05) is 56.2 Å². The maximum absolute atomic E-state index is 12.2. The number of hydrogen-bond donors (Lipinski definition) is 0. The molecule has 1 aliphatic rings. The molecule has 0 spiro atoms. The Morgan fingerprint density at radius 3 is 1.87 bits per heavy atom. The molecule has 1 aliphatic heterocycles. The van der Waals surface area contributed by atoms with Gasteiger partial charge in [-0.3, -0.25) is 28.8 Å². The third-order valence-electron chi connectivity index (χ3n) is 6.09. The number of esters is 6. The first-order valence-corrected chi connectivity index (χ1v) is 15.0. The highest BCUT2D eigenvalue weighted by atomic mass is 16.7. The third-order valence-corrected chi connectivity index (χ3v) is 6.09. The van der Waals surface area contributed by atoms with E-state index in [-0.39, 0.29) is 0 Å². The average molecular weight is 655 g/mol. The highest BCUT2D eigenvalue weighted by Gasteiger charge is 2.53. The zero-order valence-electron chi connectivity index (χ0n) is 27.5. The minimum absolute atomic E-state index is 0.418. The van der Waals surface area contributed by atoms with Crippen LogP contribution in [-0.2, 0) is 66.7 Å². The third kappa shape index (κ3) is 16.3. The van der Waals surface area contributed by atoms with Crippen molar-refractivity contribution < 1.29 is 66.7 Å². The van der Waals surface area contributed by atoms with Gasteiger partial charge in [0.2, 0.25) is 0 Å². The number of hydrogen-bond acceptors (Lipinski definition) is 14. The lowest BCUT2D eigenvalue weighted by atomic mass is 9.98. The summed E-state index contributed by atoms with van der Waals surface area (Å²) in [6, 6.07) is 0. The molecule has 1 fully saturated rings. The molecule has 14 nitrogen and oxygen atoms in total. The van der Waals surface area contributed by atoms with Crippen LogP contribution in [0.4, 0.5) is 0 Å². The van der Waals surface area contributed by atoms with E-state index in [1.807, 2.05) is 12.2 Å². The van der Waals surface area contributed by atoms with Gasteiger partial charge in [0.1, 0.15) is 25.4 Å². The van der Waals surface area contributed by atoms with E-state index in [0.717, 1.165) is 53.9 Å². The lowest BCUT2D eigenvalue weighted by molar-refractivity contribution is -0.318. The van der Waals surface area contributed by atoms with Crippen LogP contribution in [0.5, 0.6) is 0 Å². The molecular formula is C32H46O14. The normalized spacial score (nSPS) is 22.6. The number of allylic oxidation sites excluding steroid dienone is 5. The van der Waals surface area contributed by atoms with Gasteiger partial charge >= 0.3 is 35.8 Å². The molecular weight excluding hydrogens is 608 g/mol. The number of carbonyl (C=O) groups excluding carboxylic acids is 6. The fraction of sp³-hybridized carbons (Fsp3) is 0.625. The Hall–Kier alpha value is -4.04. The lowest BCUT2D eigenvalue weighted by Gasteiger charge is -2.45. The fourth-order valence-corrected chi connectivity index (χ4v) is 4.26. The topological polar surface area (TPSA) is 176 Å². The summed E-state index contributed by atoms with van der Waals surface area (Å²) in [4.78, 5) is 71.7. The molecule has 0 N–H and O–H groups in total. The minimum atomic E-state index is -1.57. The van der Waals surface area contributed by atoms with Crippen molar-refractivity contribution in [2.45, 2.75) is 117 Å². The van der Waals surface area contributed by atoms with Crippen molar-refractivity contribution in [2.24, 2.45) is 0 Å². The molecule has 0 aromatic rings. The molecule has 1 heterocycles. The smallest absolute Gasteiger partial charge is 0.303 e. The van der Waals surface area contributed by atoms with Crippen LogP contribution in [-0.4, -0.2) is 91.9 Å². The van der Waals surface area contributed by atoms with Crippen LogP contribution in [0.3, 0.4) is 0 Å². The lowest BCUT2D eigenvalue weighted by Crippen LogP contribution is -2.63. The van der Waals surface area contributed by atoms with Crippen LogP contribution in [0.15, 0.2) is 36.5 Å². The molecule has 0 aromatic carbocycles. The van der Waals surface area contributed by atoms with Crippen molar-refractivity contribution in [3.63, 3.8) is 0 Å². The molecule has 1 rings (SSSR count). The molecule has 0 saturated carbocycles. The first-order valence-electron chi connectivity index (χ1n) is 15.0. The molecule has 7 atom stereocenters. The van der Waals surface area contributed by atoms with E-state index in [2.05, 4.69) is 13.0 Å². The molecule has 14 heteroatoms. The molecule has 0 amide bonds. The maximum atomic E-state index is 12.2. The highest BCUT2D eigenvalue weighted by Crippen LogP contribution is 2.31. The minimum Gasteiger partial charge on any atom is -0.463 e. The number of carbonyl (C=O) groups is 6. The summed E-state index contributed by atoms with van der Waals surface area (Å²) in [5.74, 6) is -4.47. The van der Waals surface area contributed by atoms with E-state index in [1.54, 1.807) is 12.2 Å². The van der Waals surface area contributed by atoms with Crippen LogP contribution in [0.1, 0.15) is 74.1 Å². The van der Waals surface area contributed by atoms with E-state index in [0.29, 0.717) is 6.42 Å². The van der Waals surface area contributed by atoms with Gasteiger partial charge in [-0.25, -0.2) is 0 Å². The summed E-state index contributed by atoms with van der Waals surface area (Å²) in [6.07, 6.45) is 5.00. The van der Waals surface area contributed by atoms with Gasteiger partial charge in [0, 0.05) is 41.5 Å². The summed E-state index contributed by atoms with van der Waals surface area (Å²) in [5, 5.41) is 0. The molecule has 0 aliphatic carbocycles. The second kappa shape index (κ2) is 21.7. The van der Waals surface area contributed by atoms with Gasteiger partial charge in [-0.2, -0.15) is 0 Å². The Morgan fingerprint density at radius 2 is 1.30 bits per heavy atom. The number of ether oxygens (including phenoxy) is 8. The van der Waals surface area contributed by atoms with E-state index in [4.69, 9.17) is 37.9 Å². The standard InChI is InChI=1S/C32H46O14/c1-8-9-10-11-12-13-14-15-16-17-26(27(41-22(4)35)18-39-20(2)33)45-32-31(44-25(7)38)30(43-24(6)37)29(42-23(5)36)28(46-32)19-40-21(3)34/h11-12,14-17,26-32H,8-10,13,18-19H2,1-7H3/b12-11-,15-14?,17-16+/t26-,27+,28+,29-,30-,31+,32+/m0/s1. The van der Waals surface area contributed by atoms with Crippen LogP contribution < -0.4 is 0 Å². The molecule has 0 aromatic heterocycles. The first kappa shape index (κ1) is 40.0. The van der Waals surface area contributed by atoms with Crippen molar-refractivity contribution >= 4 is 35.8 Å². The summed E-state index contributed by atoms with van der Waals surface area (Å²) >= 11 is 0. The second-order valence-corrected chi connectivity index (χ2v) is 10.3. The van der Waals surface area contributed by atoms with E-state index in [9.17, 15) is 28.8 Å². The van der Waals surface area contributed by atoms with Gasteiger partial charge in [0.25, 0.3) is 0 Å². The van der Waals surface area contributed by atoms with Crippen molar-refractivity contribution in [3.8, 4) is 0 Å². The van der Waals surface area contributed by atoms with Crippen molar-refractivity contribution in [3.05, 3.63) is 36.5 Å². The summed E-state index contributed by atoms with van der Waals surface area (Å²) in [6.45, 7) is 8.00. The zero-order chi connectivity index (χ0) is 34.6. The summed E-state index contributed by atoms with van der Waals surface area (Å²) < 4.78 is 44.1. The quantitative estimate of drug-likeness (QED) is 0.0692. The van der Waals surface area contributed by atoms with Crippen molar-refractivity contribution in [2.75, 3.05) is 13.2 Å². The zero-order valence-corrected chi connectivity index (χ0v) is 27.5. The van der Waals surface area contributed by atoms with E-state index in [1.165, 1.54) is 13.0 Å². The van der Waals surface area contributed by atoms with Gasteiger partial charge in [-0.05, 0) is 12.8 Å². The van der Waals surface area contributed by atoms with Crippen molar-refractivity contribution in [1.82, 2.24) is 0 Å². The first-order chi connectivity index (χ1) is 21.7. The van der Waals surface area contributed by atoms with E-state index >= 15 is 0 Å². The monoisotopic (exact) mass is 654 g/mol. The SMILES string of the molecule is CCCC/C=C\CC=C/C=C/[C@H](O[C@@H]1O[C@H](COC(C)=O)[C@H](OC(C)=O)[C@H](OC(C)=O)[C@H]1OC(C)=O)[C@@H](COC(C)=O)OC(C)=O. The Kier molecular flexibility index (Phi) is 18.8. The van der Waals surface area contributed by atoms with Gasteiger partial charge in [0.05, 0.1) is 0 Å². The van der Waals surface area contributed by atoms with Crippen LogP contribution in [0.25, 0.3) is 0 Å². The Labute approximate surface area is 269 Å². The van der Waals surface area contributed by atoms with Crippen molar-refractivity contribution in [1.29, 1.82) is 0 Å². The van der Waals surface area contributed by atoms with Gasteiger partial charge < -0.3 is 37.9 Å². The number of rotatable bonds is 18. The predicted octanol–water partition coefficient (Wildman–Crippen LogP) is 3.20. The van der Waals surface area contributed by atoms with Gasteiger partial charge in [0.15, 0.2) is 30.7 Å². The molecule has 0 radical (unpaired) electrons.